The molecule has 4 nitrogen and oxygen atoms in total. The van der Waals surface area contributed by atoms with Gasteiger partial charge in [-0.3, -0.25) is 4.79 Å². The molecule has 1 amide bonds. The molecule has 0 fully saturated rings. The summed E-state index contributed by atoms with van der Waals surface area (Å²) in [5, 5.41) is 6.30. The number of carbonyl (C=O) groups excluding carboxylic acids is 1. The Morgan fingerprint density at radius 1 is 1.04 bits per heavy atom. The van der Waals surface area contributed by atoms with E-state index in [0.29, 0.717) is 13.0 Å². The summed E-state index contributed by atoms with van der Waals surface area (Å²) < 4.78 is 0. The van der Waals surface area contributed by atoms with Gasteiger partial charge in [0.15, 0.2) is 0 Å². The van der Waals surface area contributed by atoms with Crippen LogP contribution in [-0.4, -0.2) is 25.5 Å². The van der Waals surface area contributed by atoms with Gasteiger partial charge in [-0.1, -0.05) is 12.1 Å². The van der Waals surface area contributed by atoms with Crippen LogP contribution in [0.4, 0.5) is 17.1 Å². The van der Waals surface area contributed by atoms with Crippen molar-refractivity contribution in [3.05, 3.63) is 53.6 Å². The monoisotopic (exact) mass is 339 g/mol. The van der Waals surface area contributed by atoms with Gasteiger partial charge in [-0.05, 0) is 69.2 Å². The fraction of sp³-hybridized carbons (Fsp3) is 0.381. The Labute approximate surface area is 151 Å². The molecule has 0 saturated heterocycles. The molecule has 0 bridgehead atoms. The van der Waals surface area contributed by atoms with Crippen molar-refractivity contribution in [3.63, 3.8) is 0 Å². The molecule has 2 N–H and O–H groups in total. The number of rotatable bonds is 8. The Kier molecular flexibility index (Phi) is 6.87. The van der Waals surface area contributed by atoms with Crippen molar-refractivity contribution in [3.8, 4) is 0 Å². The van der Waals surface area contributed by atoms with Crippen LogP contribution in [0.3, 0.4) is 0 Å². The quantitative estimate of drug-likeness (QED) is 0.739. The maximum absolute atomic E-state index is 12.2. The minimum absolute atomic E-state index is 0.0267. The molecule has 2 rings (SSSR count). The fourth-order valence-electron chi connectivity index (χ4n) is 2.86. The smallest absolute Gasteiger partial charge is 0.226 e. The van der Waals surface area contributed by atoms with Crippen molar-refractivity contribution in [2.45, 2.75) is 34.1 Å². The molecular formula is C21H29N3O. The van der Waals surface area contributed by atoms with E-state index in [9.17, 15) is 4.79 Å². The Morgan fingerprint density at radius 3 is 2.44 bits per heavy atom. The van der Waals surface area contributed by atoms with Crippen LogP contribution in [0.2, 0.25) is 0 Å². The molecule has 25 heavy (non-hydrogen) atoms. The summed E-state index contributed by atoms with van der Waals surface area (Å²) in [4.78, 5) is 14.5. The third-order valence-electron chi connectivity index (χ3n) is 4.31. The number of aryl methyl sites for hydroxylation is 2. The van der Waals surface area contributed by atoms with Crippen LogP contribution in [0.1, 0.15) is 31.4 Å². The van der Waals surface area contributed by atoms with Crippen molar-refractivity contribution >= 4 is 23.0 Å². The normalized spacial score (nSPS) is 10.4. The molecule has 0 radical (unpaired) electrons. The zero-order valence-corrected chi connectivity index (χ0v) is 15.7. The first kappa shape index (κ1) is 18.8. The Balaban J connectivity index is 1.87. The van der Waals surface area contributed by atoms with Gasteiger partial charge >= 0.3 is 0 Å². The van der Waals surface area contributed by atoms with Crippen LogP contribution in [-0.2, 0) is 4.79 Å². The van der Waals surface area contributed by atoms with E-state index in [0.717, 1.165) is 30.0 Å². The van der Waals surface area contributed by atoms with E-state index in [1.54, 1.807) is 0 Å². The first-order chi connectivity index (χ1) is 12.0. The van der Waals surface area contributed by atoms with Crippen LogP contribution >= 0.6 is 0 Å². The minimum atomic E-state index is 0.0267. The maximum atomic E-state index is 12.2. The fourth-order valence-corrected chi connectivity index (χ4v) is 2.86. The predicted octanol–water partition coefficient (Wildman–Crippen LogP) is 4.59. The van der Waals surface area contributed by atoms with E-state index in [4.69, 9.17) is 0 Å². The highest BCUT2D eigenvalue weighted by Crippen LogP contribution is 2.22. The summed E-state index contributed by atoms with van der Waals surface area (Å²) in [6, 6.07) is 14.4. The lowest BCUT2D eigenvalue weighted by molar-refractivity contribution is -0.115. The van der Waals surface area contributed by atoms with Crippen molar-refractivity contribution in [1.29, 1.82) is 0 Å². The minimum Gasteiger partial charge on any atom is -0.385 e. The highest BCUT2D eigenvalue weighted by atomic mass is 16.1. The summed E-state index contributed by atoms with van der Waals surface area (Å²) >= 11 is 0. The van der Waals surface area contributed by atoms with Gasteiger partial charge in [0, 0.05) is 43.1 Å². The van der Waals surface area contributed by atoms with E-state index in [2.05, 4.69) is 60.6 Å². The van der Waals surface area contributed by atoms with E-state index in [1.165, 1.54) is 11.3 Å². The van der Waals surface area contributed by atoms with Crippen LogP contribution in [0.25, 0.3) is 0 Å². The molecular weight excluding hydrogens is 310 g/mol. The van der Waals surface area contributed by atoms with Crippen molar-refractivity contribution in [2.24, 2.45) is 0 Å². The summed E-state index contributed by atoms with van der Waals surface area (Å²) in [5.41, 5.74) is 5.42. The summed E-state index contributed by atoms with van der Waals surface area (Å²) in [5.74, 6) is 0.0267. The molecule has 0 aliphatic rings. The molecule has 134 valence electrons. The second-order valence-corrected chi connectivity index (χ2v) is 6.27. The highest BCUT2D eigenvalue weighted by Gasteiger charge is 2.08. The highest BCUT2D eigenvalue weighted by molar-refractivity contribution is 5.92. The first-order valence-electron chi connectivity index (χ1n) is 8.99. The average Bonchev–Trinajstić information content (AvgIpc) is 2.58. The lowest BCUT2D eigenvalue weighted by Crippen LogP contribution is -2.22. The van der Waals surface area contributed by atoms with Gasteiger partial charge in [-0.25, -0.2) is 0 Å². The van der Waals surface area contributed by atoms with E-state index >= 15 is 0 Å². The topological polar surface area (TPSA) is 44.4 Å². The van der Waals surface area contributed by atoms with Crippen molar-refractivity contribution in [1.82, 2.24) is 0 Å². The number of carbonyl (C=O) groups is 1. The third-order valence-corrected chi connectivity index (χ3v) is 4.31. The molecule has 2 aromatic carbocycles. The summed E-state index contributed by atoms with van der Waals surface area (Å²) in [7, 11) is 0. The van der Waals surface area contributed by atoms with E-state index in [-0.39, 0.29) is 5.91 Å². The largest absolute Gasteiger partial charge is 0.385 e. The molecule has 0 heterocycles. The number of anilines is 3. The van der Waals surface area contributed by atoms with Crippen LogP contribution in [0.15, 0.2) is 42.5 Å². The van der Waals surface area contributed by atoms with Gasteiger partial charge in [0.25, 0.3) is 0 Å². The van der Waals surface area contributed by atoms with Gasteiger partial charge in [0.05, 0.1) is 0 Å². The SMILES string of the molecule is CCN(CC)c1ccc(NC(=O)CCNc2cccc(C)c2)c(C)c1. The summed E-state index contributed by atoms with van der Waals surface area (Å²) in [6.45, 7) is 11.0. The average molecular weight is 339 g/mol. The third kappa shape index (κ3) is 5.52. The molecule has 0 atom stereocenters. The Morgan fingerprint density at radius 2 is 1.80 bits per heavy atom. The van der Waals surface area contributed by atoms with Gasteiger partial charge in [0.2, 0.25) is 5.91 Å². The molecule has 0 saturated carbocycles. The predicted molar refractivity (Wildman–Crippen MR) is 108 cm³/mol. The van der Waals surface area contributed by atoms with E-state index in [1.807, 2.05) is 25.1 Å². The van der Waals surface area contributed by atoms with Crippen molar-refractivity contribution < 1.29 is 4.79 Å². The van der Waals surface area contributed by atoms with Gasteiger partial charge in [-0.15, -0.1) is 0 Å². The lowest BCUT2D eigenvalue weighted by Gasteiger charge is -2.22. The summed E-state index contributed by atoms with van der Waals surface area (Å²) in [6.07, 6.45) is 0.436. The van der Waals surface area contributed by atoms with Gasteiger partial charge < -0.3 is 15.5 Å². The molecule has 4 heteroatoms. The first-order valence-corrected chi connectivity index (χ1v) is 8.99. The molecule has 0 aliphatic carbocycles. The van der Waals surface area contributed by atoms with Crippen LogP contribution < -0.4 is 15.5 Å². The van der Waals surface area contributed by atoms with Gasteiger partial charge in [0.1, 0.15) is 0 Å². The molecule has 0 aromatic heterocycles. The maximum Gasteiger partial charge on any atom is 0.226 e. The van der Waals surface area contributed by atoms with Crippen LogP contribution in [0, 0.1) is 13.8 Å². The Hall–Kier alpha value is -2.49. The number of amides is 1. The molecule has 0 spiro atoms. The van der Waals surface area contributed by atoms with Crippen LogP contribution in [0.5, 0.6) is 0 Å². The van der Waals surface area contributed by atoms with E-state index < -0.39 is 0 Å². The number of hydrogen-bond acceptors (Lipinski definition) is 3. The molecule has 0 aliphatic heterocycles. The van der Waals surface area contributed by atoms with Crippen molar-refractivity contribution in [2.75, 3.05) is 35.2 Å². The lowest BCUT2D eigenvalue weighted by atomic mass is 10.1. The number of hydrogen-bond donors (Lipinski definition) is 2. The second-order valence-electron chi connectivity index (χ2n) is 6.27. The molecule has 2 aromatic rings. The number of benzene rings is 2. The molecule has 0 unspecified atom stereocenters. The number of nitrogens with zero attached hydrogens (tertiary/aromatic N) is 1. The number of nitrogens with one attached hydrogen (secondary N) is 2. The standard InChI is InChI=1S/C21H29N3O/c1-5-24(6-2)19-10-11-20(17(4)15-19)23-21(25)12-13-22-18-9-7-8-16(3)14-18/h7-11,14-15,22H,5-6,12-13H2,1-4H3,(H,23,25). The zero-order valence-electron chi connectivity index (χ0n) is 15.7. The second kappa shape index (κ2) is 9.11. The Bertz CT molecular complexity index is 708. The zero-order chi connectivity index (χ0) is 18.2. The van der Waals surface area contributed by atoms with Gasteiger partial charge in [-0.2, -0.15) is 0 Å².